The van der Waals surface area contributed by atoms with Crippen molar-refractivity contribution in [2.45, 2.75) is 58.8 Å². The average molecular weight is 360 g/mol. The quantitative estimate of drug-likeness (QED) is 0.619. The van der Waals surface area contributed by atoms with Gasteiger partial charge < -0.3 is 19.7 Å². The Balaban J connectivity index is 2.71. The van der Waals surface area contributed by atoms with Gasteiger partial charge in [0.05, 0.1) is 0 Å². The predicted molar refractivity (Wildman–Crippen MR) is 105 cm³/mol. The van der Waals surface area contributed by atoms with Crippen molar-refractivity contribution in [1.29, 1.82) is 0 Å². The summed E-state index contributed by atoms with van der Waals surface area (Å²) in [6.07, 6.45) is 2.72. The number of aliphatic hydroxyl groups excluding tert-OH is 1. The van der Waals surface area contributed by atoms with Crippen LogP contribution in [-0.4, -0.2) is 36.3 Å². The Morgan fingerprint density at radius 3 is 1.96 bits per heavy atom. The maximum Gasteiger partial charge on any atom is 0.208 e. The van der Waals surface area contributed by atoms with Crippen LogP contribution in [0, 0.1) is 5.41 Å². The zero-order valence-electron chi connectivity index (χ0n) is 17.2. The van der Waals surface area contributed by atoms with Gasteiger partial charge in [-0.2, -0.15) is 0 Å². The molecule has 0 fully saturated rings. The van der Waals surface area contributed by atoms with Crippen molar-refractivity contribution in [2.75, 3.05) is 14.2 Å². The second-order valence-corrected chi connectivity index (χ2v) is 8.93. The number of methoxy groups -OCH3 is 2. The van der Waals surface area contributed by atoms with Gasteiger partial charge in [-0.25, -0.2) is 0 Å². The van der Waals surface area contributed by atoms with E-state index in [1.54, 1.807) is 20.3 Å². The van der Waals surface area contributed by atoms with E-state index in [0.717, 1.165) is 11.1 Å². The highest BCUT2D eigenvalue weighted by atomic mass is 16.7. The summed E-state index contributed by atoms with van der Waals surface area (Å²) in [5.74, 6) is -0.900. The number of para-hydroxylation sites is 1. The Morgan fingerprint density at radius 1 is 0.923 bits per heavy atom. The molecule has 26 heavy (non-hydrogen) atoms. The minimum absolute atomic E-state index is 0.182. The monoisotopic (exact) mass is 360 g/mol. The number of phenols is 1. The van der Waals surface area contributed by atoms with E-state index in [-0.39, 0.29) is 16.6 Å². The van der Waals surface area contributed by atoms with Gasteiger partial charge in [-0.05, 0) is 39.7 Å². The highest BCUT2D eigenvalue weighted by molar-refractivity contribution is 5.79. The number of benzene rings is 1. The van der Waals surface area contributed by atoms with E-state index in [4.69, 9.17) is 9.47 Å². The minimum atomic E-state index is -1.08. The van der Waals surface area contributed by atoms with Crippen molar-refractivity contribution in [1.82, 2.24) is 0 Å². The Bertz CT molecular complexity index is 725. The number of aromatic hydroxyl groups is 1. The summed E-state index contributed by atoms with van der Waals surface area (Å²) in [6, 6.07) is 5.63. The van der Waals surface area contributed by atoms with Crippen LogP contribution in [0.15, 0.2) is 35.9 Å². The Hall–Kier alpha value is -1.62. The summed E-state index contributed by atoms with van der Waals surface area (Å²) in [4.78, 5) is 0. The maximum absolute atomic E-state index is 11.1. The minimum Gasteiger partial charge on any atom is -0.507 e. The fourth-order valence-electron chi connectivity index (χ4n) is 3.35. The lowest BCUT2D eigenvalue weighted by molar-refractivity contribution is -0.135. The molecule has 4 heteroatoms. The van der Waals surface area contributed by atoms with Crippen molar-refractivity contribution in [3.63, 3.8) is 0 Å². The predicted octanol–water partition coefficient (Wildman–Crippen LogP) is 4.41. The molecule has 0 heterocycles. The lowest BCUT2D eigenvalue weighted by Gasteiger charge is -2.38. The number of phenolic OH excluding ortho intramolecular Hbond substituents is 1. The normalized spacial score (nSPS) is 20.6. The van der Waals surface area contributed by atoms with Gasteiger partial charge in [0.15, 0.2) is 0 Å². The fraction of sp³-hybridized carbons (Fsp3) is 0.545. The molecule has 144 valence electrons. The Labute approximate surface area is 157 Å². The molecule has 0 radical (unpaired) electrons. The standard InChI is InChI=1S/C22H32O4/c1-20(2,3)16-11-9-10-14(18(16)23)15-12-22(25-7,26-8)13-17(19(15)24)21(4,5)6/h9-13,19,23-24H,1-8H3. The lowest BCUT2D eigenvalue weighted by atomic mass is 9.74. The molecule has 0 aromatic heterocycles. The number of hydrogen-bond donors (Lipinski definition) is 2. The second kappa shape index (κ2) is 6.84. The average Bonchev–Trinajstić information content (AvgIpc) is 2.54. The van der Waals surface area contributed by atoms with Gasteiger partial charge in [0.25, 0.3) is 0 Å². The van der Waals surface area contributed by atoms with Crippen LogP contribution in [0.3, 0.4) is 0 Å². The molecule has 1 aromatic carbocycles. The van der Waals surface area contributed by atoms with Crippen LogP contribution in [0.5, 0.6) is 5.75 Å². The summed E-state index contributed by atoms with van der Waals surface area (Å²) in [7, 11) is 3.13. The Morgan fingerprint density at radius 2 is 1.50 bits per heavy atom. The molecule has 0 aliphatic heterocycles. The molecule has 1 atom stereocenters. The van der Waals surface area contributed by atoms with E-state index >= 15 is 0 Å². The topological polar surface area (TPSA) is 58.9 Å². The van der Waals surface area contributed by atoms with Gasteiger partial charge in [-0.1, -0.05) is 59.7 Å². The van der Waals surface area contributed by atoms with Crippen molar-refractivity contribution in [3.8, 4) is 5.75 Å². The van der Waals surface area contributed by atoms with E-state index < -0.39 is 11.9 Å². The third-order valence-corrected chi connectivity index (χ3v) is 4.96. The second-order valence-electron chi connectivity index (χ2n) is 8.93. The molecule has 0 spiro atoms. The molecule has 1 aliphatic carbocycles. The van der Waals surface area contributed by atoms with Gasteiger partial charge in [0.2, 0.25) is 5.79 Å². The van der Waals surface area contributed by atoms with Crippen LogP contribution in [0.4, 0.5) is 0 Å². The molecule has 1 aliphatic rings. The number of hydrogen-bond acceptors (Lipinski definition) is 4. The molecule has 2 rings (SSSR count). The van der Waals surface area contributed by atoms with Crippen LogP contribution in [-0.2, 0) is 14.9 Å². The first-order valence-electron chi connectivity index (χ1n) is 8.93. The smallest absolute Gasteiger partial charge is 0.208 e. The highest BCUT2D eigenvalue weighted by Crippen LogP contribution is 2.45. The number of rotatable bonds is 3. The van der Waals surface area contributed by atoms with Crippen LogP contribution in [0.1, 0.15) is 52.7 Å². The largest absolute Gasteiger partial charge is 0.507 e. The van der Waals surface area contributed by atoms with E-state index in [9.17, 15) is 10.2 Å². The maximum atomic E-state index is 11.1. The molecule has 0 bridgehead atoms. The Kier molecular flexibility index (Phi) is 5.44. The third-order valence-electron chi connectivity index (χ3n) is 4.96. The van der Waals surface area contributed by atoms with Gasteiger partial charge in [0, 0.05) is 19.8 Å². The number of ether oxygens (including phenoxy) is 2. The summed E-state index contributed by atoms with van der Waals surface area (Å²) < 4.78 is 11.2. The van der Waals surface area contributed by atoms with Gasteiger partial charge in [0.1, 0.15) is 11.9 Å². The first kappa shape index (κ1) is 20.7. The summed E-state index contributed by atoms with van der Waals surface area (Å²) in [6.45, 7) is 12.2. The van der Waals surface area contributed by atoms with Crippen molar-refractivity contribution in [3.05, 3.63) is 47.1 Å². The molecule has 0 saturated heterocycles. The van der Waals surface area contributed by atoms with Gasteiger partial charge in [-0.3, -0.25) is 0 Å². The molecular formula is C22H32O4. The van der Waals surface area contributed by atoms with Crippen LogP contribution in [0.25, 0.3) is 5.57 Å². The molecular weight excluding hydrogens is 328 g/mol. The van der Waals surface area contributed by atoms with Crippen molar-refractivity contribution in [2.24, 2.45) is 5.41 Å². The van der Waals surface area contributed by atoms with Crippen molar-refractivity contribution >= 4 is 5.57 Å². The van der Waals surface area contributed by atoms with E-state index in [2.05, 4.69) is 0 Å². The van der Waals surface area contributed by atoms with E-state index in [0.29, 0.717) is 11.1 Å². The van der Waals surface area contributed by atoms with Crippen LogP contribution in [0.2, 0.25) is 0 Å². The zero-order chi connectivity index (χ0) is 19.9. The van der Waals surface area contributed by atoms with E-state index in [1.807, 2.05) is 65.8 Å². The molecule has 0 saturated carbocycles. The molecule has 4 nitrogen and oxygen atoms in total. The number of aliphatic hydroxyl groups is 1. The first-order valence-corrected chi connectivity index (χ1v) is 8.93. The lowest BCUT2D eigenvalue weighted by Crippen LogP contribution is -2.38. The summed E-state index contributed by atoms with van der Waals surface area (Å²) in [5.41, 5.74) is 2.29. The molecule has 1 aromatic rings. The van der Waals surface area contributed by atoms with Crippen LogP contribution < -0.4 is 0 Å². The van der Waals surface area contributed by atoms with Crippen molar-refractivity contribution < 1.29 is 19.7 Å². The van der Waals surface area contributed by atoms with Crippen LogP contribution >= 0.6 is 0 Å². The summed E-state index contributed by atoms with van der Waals surface area (Å²) >= 11 is 0. The summed E-state index contributed by atoms with van der Waals surface area (Å²) in [5, 5.41) is 22.0. The first-order chi connectivity index (χ1) is 11.9. The van der Waals surface area contributed by atoms with Gasteiger partial charge >= 0.3 is 0 Å². The highest BCUT2D eigenvalue weighted by Gasteiger charge is 2.39. The third kappa shape index (κ3) is 3.73. The van der Waals surface area contributed by atoms with Gasteiger partial charge in [-0.15, -0.1) is 0 Å². The SMILES string of the molecule is COC1(OC)C=C(c2cccc(C(C)(C)C)c2O)C(O)C(C(C)(C)C)=C1. The molecule has 2 N–H and O–H groups in total. The fourth-order valence-corrected chi connectivity index (χ4v) is 3.35. The molecule has 1 unspecified atom stereocenters. The zero-order valence-corrected chi connectivity index (χ0v) is 17.2. The van der Waals surface area contributed by atoms with E-state index in [1.165, 1.54) is 0 Å². The molecule has 0 amide bonds.